The summed E-state index contributed by atoms with van der Waals surface area (Å²) in [6.45, 7) is 2.30. The minimum absolute atomic E-state index is 0.959. The summed E-state index contributed by atoms with van der Waals surface area (Å²) in [6, 6.07) is 0. The van der Waals surface area contributed by atoms with Crippen molar-refractivity contribution in [2.45, 2.75) is 45.4 Å². The zero-order valence-electron chi connectivity index (χ0n) is 7.47. The van der Waals surface area contributed by atoms with E-state index in [1.165, 1.54) is 38.5 Å². The van der Waals surface area contributed by atoms with Gasteiger partial charge in [-0.05, 0) is 43.9 Å². The Kier molecular flexibility index (Phi) is 2.02. The Bertz CT molecular complexity index is 167. The van der Waals surface area contributed by atoms with Gasteiger partial charge in [-0.25, -0.2) is 0 Å². The van der Waals surface area contributed by atoms with Crippen molar-refractivity contribution in [3.8, 4) is 0 Å². The molecule has 0 bridgehead atoms. The zero-order chi connectivity index (χ0) is 7.68. The molecule has 0 radical (unpaired) electrons. The van der Waals surface area contributed by atoms with Gasteiger partial charge in [-0.3, -0.25) is 0 Å². The monoisotopic (exact) mass is 150 g/mol. The summed E-state index contributed by atoms with van der Waals surface area (Å²) < 4.78 is 0. The van der Waals surface area contributed by atoms with Crippen LogP contribution >= 0.6 is 0 Å². The smallest absolute Gasteiger partial charge is 0.0197 e. The first kappa shape index (κ1) is 7.39. The van der Waals surface area contributed by atoms with Crippen LogP contribution in [-0.4, -0.2) is 0 Å². The van der Waals surface area contributed by atoms with Crippen LogP contribution in [0, 0.1) is 11.8 Å². The Labute approximate surface area is 69.7 Å². The van der Waals surface area contributed by atoms with Gasteiger partial charge in [0.1, 0.15) is 0 Å². The highest BCUT2D eigenvalue weighted by Crippen LogP contribution is 2.43. The molecule has 2 unspecified atom stereocenters. The minimum Gasteiger partial charge on any atom is -0.0819 e. The van der Waals surface area contributed by atoms with Crippen molar-refractivity contribution in [1.82, 2.24) is 0 Å². The van der Waals surface area contributed by atoms with Crippen LogP contribution in [0.3, 0.4) is 0 Å². The standard InChI is InChI=1S/C11H18/c1-2-4-9-7-10-5-3-6-11(10)8-9/h7,9,11H,2-6,8H2,1H3. The van der Waals surface area contributed by atoms with E-state index >= 15 is 0 Å². The Morgan fingerprint density at radius 3 is 3.18 bits per heavy atom. The molecule has 2 aliphatic carbocycles. The maximum Gasteiger partial charge on any atom is -0.0197 e. The second-order valence-corrected chi connectivity index (χ2v) is 4.12. The van der Waals surface area contributed by atoms with Gasteiger partial charge in [0.05, 0.1) is 0 Å². The Hall–Kier alpha value is -0.260. The van der Waals surface area contributed by atoms with Crippen LogP contribution in [0.25, 0.3) is 0 Å². The quantitative estimate of drug-likeness (QED) is 0.528. The average molecular weight is 150 g/mol. The van der Waals surface area contributed by atoms with Gasteiger partial charge in [0.25, 0.3) is 0 Å². The van der Waals surface area contributed by atoms with Crippen LogP contribution in [0.15, 0.2) is 11.6 Å². The molecule has 0 nitrogen and oxygen atoms in total. The first-order valence-electron chi connectivity index (χ1n) is 5.10. The molecule has 2 atom stereocenters. The van der Waals surface area contributed by atoms with E-state index in [2.05, 4.69) is 13.0 Å². The molecule has 0 N–H and O–H groups in total. The highest BCUT2D eigenvalue weighted by atomic mass is 14.3. The topological polar surface area (TPSA) is 0 Å². The molecule has 0 aromatic carbocycles. The molecule has 0 heterocycles. The summed E-state index contributed by atoms with van der Waals surface area (Å²) in [4.78, 5) is 0. The maximum absolute atomic E-state index is 2.58. The van der Waals surface area contributed by atoms with Gasteiger partial charge >= 0.3 is 0 Å². The maximum atomic E-state index is 2.58. The van der Waals surface area contributed by atoms with E-state index in [0.29, 0.717) is 0 Å². The molecular formula is C11H18. The van der Waals surface area contributed by atoms with Crippen molar-refractivity contribution in [3.63, 3.8) is 0 Å². The van der Waals surface area contributed by atoms with Gasteiger partial charge in [-0.1, -0.05) is 25.0 Å². The van der Waals surface area contributed by atoms with E-state index in [-0.39, 0.29) is 0 Å². The third-order valence-corrected chi connectivity index (χ3v) is 3.24. The Balaban J connectivity index is 1.96. The lowest BCUT2D eigenvalue weighted by Gasteiger charge is -2.07. The Morgan fingerprint density at radius 1 is 1.55 bits per heavy atom. The molecule has 0 spiro atoms. The molecule has 0 aliphatic heterocycles. The average Bonchev–Trinajstić information content (AvgIpc) is 2.46. The van der Waals surface area contributed by atoms with Crippen LogP contribution in [0.5, 0.6) is 0 Å². The van der Waals surface area contributed by atoms with Crippen molar-refractivity contribution >= 4 is 0 Å². The van der Waals surface area contributed by atoms with Gasteiger partial charge in [-0.15, -0.1) is 0 Å². The van der Waals surface area contributed by atoms with E-state index in [0.717, 1.165) is 11.8 Å². The van der Waals surface area contributed by atoms with Gasteiger partial charge in [0.15, 0.2) is 0 Å². The minimum atomic E-state index is 0.959. The van der Waals surface area contributed by atoms with Crippen molar-refractivity contribution in [2.75, 3.05) is 0 Å². The Morgan fingerprint density at radius 2 is 2.45 bits per heavy atom. The van der Waals surface area contributed by atoms with E-state index in [1.807, 2.05) is 5.57 Å². The number of allylic oxidation sites excluding steroid dienone is 2. The fraction of sp³-hybridized carbons (Fsp3) is 0.818. The molecular weight excluding hydrogens is 132 g/mol. The second kappa shape index (κ2) is 3.00. The third kappa shape index (κ3) is 1.36. The number of hydrogen-bond donors (Lipinski definition) is 0. The van der Waals surface area contributed by atoms with Crippen LogP contribution in [0.2, 0.25) is 0 Å². The first-order valence-corrected chi connectivity index (χ1v) is 5.10. The first-order chi connectivity index (χ1) is 5.40. The molecule has 11 heavy (non-hydrogen) atoms. The summed E-state index contributed by atoms with van der Waals surface area (Å²) in [5.74, 6) is 1.98. The highest BCUT2D eigenvalue weighted by Gasteiger charge is 2.28. The van der Waals surface area contributed by atoms with Crippen LogP contribution < -0.4 is 0 Å². The van der Waals surface area contributed by atoms with E-state index in [1.54, 1.807) is 0 Å². The van der Waals surface area contributed by atoms with E-state index in [4.69, 9.17) is 0 Å². The number of rotatable bonds is 2. The predicted molar refractivity (Wildman–Crippen MR) is 48.4 cm³/mol. The van der Waals surface area contributed by atoms with Crippen LogP contribution in [0.1, 0.15) is 45.4 Å². The molecule has 0 saturated heterocycles. The van der Waals surface area contributed by atoms with E-state index in [9.17, 15) is 0 Å². The number of hydrogen-bond acceptors (Lipinski definition) is 0. The lowest BCUT2D eigenvalue weighted by Crippen LogP contribution is -1.95. The molecule has 1 saturated carbocycles. The molecule has 0 heteroatoms. The van der Waals surface area contributed by atoms with Gasteiger partial charge in [0.2, 0.25) is 0 Å². The molecule has 0 aromatic heterocycles. The van der Waals surface area contributed by atoms with Crippen molar-refractivity contribution in [1.29, 1.82) is 0 Å². The van der Waals surface area contributed by atoms with Crippen LogP contribution in [0.4, 0.5) is 0 Å². The molecule has 62 valence electrons. The molecule has 0 amide bonds. The van der Waals surface area contributed by atoms with Gasteiger partial charge < -0.3 is 0 Å². The second-order valence-electron chi connectivity index (χ2n) is 4.12. The predicted octanol–water partition coefficient (Wildman–Crippen LogP) is 3.53. The van der Waals surface area contributed by atoms with Crippen molar-refractivity contribution < 1.29 is 0 Å². The normalized spacial score (nSPS) is 35.5. The van der Waals surface area contributed by atoms with E-state index < -0.39 is 0 Å². The SMILES string of the molecule is CCCC1C=C2CCCC2C1. The fourth-order valence-corrected chi connectivity index (χ4v) is 2.74. The lowest BCUT2D eigenvalue weighted by atomic mass is 9.98. The van der Waals surface area contributed by atoms with Gasteiger partial charge in [-0.2, -0.15) is 0 Å². The molecule has 2 aliphatic rings. The summed E-state index contributed by atoms with van der Waals surface area (Å²) in [5.41, 5.74) is 1.81. The fourth-order valence-electron chi connectivity index (χ4n) is 2.74. The highest BCUT2D eigenvalue weighted by molar-refractivity contribution is 5.18. The van der Waals surface area contributed by atoms with Gasteiger partial charge in [0, 0.05) is 0 Å². The summed E-state index contributed by atoms with van der Waals surface area (Å²) in [5, 5.41) is 0. The molecule has 1 fully saturated rings. The lowest BCUT2D eigenvalue weighted by molar-refractivity contribution is 0.482. The molecule has 0 aromatic rings. The van der Waals surface area contributed by atoms with Crippen molar-refractivity contribution in [2.24, 2.45) is 11.8 Å². The largest absolute Gasteiger partial charge is 0.0819 e. The summed E-state index contributed by atoms with van der Waals surface area (Å²) in [7, 11) is 0. The third-order valence-electron chi connectivity index (χ3n) is 3.24. The summed E-state index contributed by atoms with van der Waals surface area (Å²) >= 11 is 0. The molecule has 2 rings (SSSR count). The van der Waals surface area contributed by atoms with Crippen molar-refractivity contribution in [3.05, 3.63) is 11.6 Å². The summed E-state index contributed by atoms with van der Waals surface area (Å²) in [6.07, 6.45) is 11.2. The van der Waals surface area contributed by atoms with Crippen LogP contribution in [-0.2, 0) is 0 Å². The number of fused-ring (bicyclic) bond motifs is 1. The zero-order valence-corrected chi connectivity index (χ0v) is 7.47.